The summed E-state index contributed by atoms with van der Waals surface area (Å²) in [6.45, 7) is 0.329. The molecule has 0 aromatic heterocycles. The lowest BCUT2D eigenvalue weighted by Gasteiger charge is -2.13. The van der Waals surface area contributed by atoms with Crippen LogP contribution in [-0.4, -0.2) is 116 Å². The summed E-state index contributed by atoms with van der Waals surface area (Å²) in [6, 6.07) is 0. The fourth-order valence-electron chi connectivity index (χ4n) is 0.777. The SMILES string of the molecule is CC(=O)OC(=O)C(O)C(O)C(=O)OC(C)=O.OCC(O)CO.OCC(O)CO. The minimum absolute atomic E-state index is 0.365. The molecule has 0 radical (unpaired) electrons. The van der Waals surface area contributed by atoms with Gasteiger partial charge in [0.1, 0.15) is 12.2 Å². The van der Waals surface area contributed by atoms with Crippen LogP contribution in [0.2, 0.25) is 0 Å². The van der Waals surface area contributed by atoms with E-state index in [4.69, 9.17) is 40.9 Å². The van der Waals surface area contributed by atoms with Crippen LogP contribution in [0.3, 0.4) is 0 Å². The Balaban J connectivity index is -0.000000426. The van der Waals surface area contributed by atoms with E-state index in [2.05, 4.69) is 9.47 Å². The van der Waals surface area contributed by atoms with Crippen LogP contribution in [-0.2, 0) is 28.7 Å². The van der Waals surface area contributed by atoms with E-state index in [1.165, 1.54) is 0 Å². The second-order valence-electron chi connectivity index (χ2n) is 4.75. The van der Waals surface area contributed by atoms with Crippen LogP contribution in [0.25, 0.3) is 0 Å². The van der Waals surface area contributed by atoms with Crippen molar-refractivity contribution in [1.82, 2.24) is 0 Å². The maximum atomic E-state index is 10.8. The van der Waals surface area contributed by atoms with Crippen molar-refractivity contribution in [3.63, 3.8) is 0 Å². The van der Waals surface area contributed by atoms with Crippen molar-refractivity contribution in [2.75, 3.05) is 26.4 Å². The zero-order valence-electron chi connectivity index (χ0n) is 15.2. The summed E-state index contributed by atoms with van der Waals surface area (Å²) in [7, 11) is 0. The Bertz CT molecular complexity index is 415. The first kappa shape index (κ1) is 30.7. The molecule has 166 valence electrons. The first-order chi connectivity index (χ1) is 12.9. The molecule has 0 amide bonds. The van der Waals surface area contributed by atoms with Crippen molar-refractivity contribution < 1.29 is 69.5 Å². The minimum atomic E-state index is -2.30. The van der Waals surface area contributed by atoms with Gasteiger partial charge in [0, 0.05) is 13.8 Å². The monoisotopic (exact) mass is 418 g/mol. The molecule has 14 heteroatoms. The van der Waals surface area contributed by atoms with E-state index in [1.54, 1.807) is 0 Å². The van der Waals surface area contributed by atoms with Crippen molar-refractivity contribution in [2.24, 2.45) is 0 Å². The third-order valence-corrected chi connectivity index (χ3v) is 2.11. The van der Waals surface area contributed by atoms with E-state index in [9.17, 15) is 19.2 Å². The van der Waals surface area contributed by atoms with Gasteiger partial charge in [0.2, 0.25) is 0 Å². The van der Waals surface area contributed by atoms with Crippen molar-refractivity contribution in [3.8, 4) is 0 Å². The summed E-state index contributed by atoms with van der Waals surface area (Å²) in [5.74, 6) is -5.06. The summed E-state index contributed by atoms with van der Waals surface area (Å²) in [5, 5.41) is 66.1. The molecule has 0 aliphatic carbocycles. The Morgan fingerprint density at radius 1 is 0.607 bits per heavy atom. The molecule has 2 unspecified atom stereocenters. The maximum absolute atomic E-state index is 10.8. The lowest BCUT2D eigenvalue weighted by Crippen LogP contribution is -2.42. The Morgan fingerprint density at radius 3 is 0.929 bits per heavy atom. The molecule has 0 aromatic carbocycles. The van der Waals surface area contributed by atoms with Crippen LogP contribution < -0.4 is 0 Å². The number of esters is 4. The third-order valence-electron chi connectivity index (χ3n) is 2.11. The molecule has 0 spiro atoms. The first-order valence-electron chi connectivity index (χ1n) is 7.47. The molecule has 8 N–H and O–H groups in total. The topological polar surface area (TPSA) is 249 Å². The lowest BCUT2D eigenvalue weighted by molar-refractivity contribution is -0.179. The molecule has 0 saturated carbocycles. The van der Waals surface area contributed by atoms with E-state index in [0.29, 0.717) is 0 Å². The molecule has 0 saturated heterocycles. The van der Waals surface area contributed by atoms with Gasteiger partial charge in [-0.15, -0.1) is 0 Å². The summed E-state index contributed by atoms with van der Waals surface area (Å²) in [6.07, 6.45) is -6.50. The van der Waals surface area contributed by atoms with E-state index in [-0.39, 0.29) is 26.4 Å². The summed E-state index contributed by atoms with van der Waals surface area (Å²) >= 11 is 0. The van der Waals surface area contributed by atoms with Crippen LogP contribution in [0.15, 0.2) is 0 Å². The number of hydrogen-bond donors (Lipinski definition) is 8. The number of carbonyl (C=O) groups is 4. The smallest absolute Gasteiger partial charge is 0.345 e. The number of aliphatic hydroxyl groups excluding tert-OH is 8. The Labute approximate surface area is 159 Å². The number of aliphatic hydroxyl groups is 8. The van der Waals surface area contributed by atoms with Gasteiger partial charge in [0.05, 0.1) is 26.4 Å². The van der Waals surface area contributed by atoms with Crippen molar-refractivity contribution in [3.05, 3.63) is 0 Å². The van der Waals surface area contributed by atoms with Crippen molar-refractivity contribution in [1.29, 1.82) is 0 Å². The number of ether oxygens (including phenoxy) is 2. The zero-order valence-corrected chi connectivity index (χ0v) is 15.2. The molecule has 28 heavy (non-hydrogen) atoms. The second kappa shape index (κ2) is 18.3. The van der Waals surface area contributed by atoms with Gasteiger partial charge in [-0.3, -0.25) is 9.59 Å². The Kier molecular flexibility index (Phi) is 20.1. The summed E-state index contributed by atoms with van der Waals surface area (Å²) in [5.41, 5.74) is 0. The third kappa shape index (κ3) is 18.7. The standard InChI is InChI=1S/C8H10O8.2C3H8O3/c1-3(9)15-7(13)5(11)6(12)8(14)16-4(2)10;2*4-1-3(6)2-5/h5-6,11-12H,1-2H3;2*3-6H,1-2H2. The normalized spacial score (nSPS) is 12.0. The van der Waals surface area contributed by atoms with Gasteiger partial charge in [0.25, 0.3) is 0 Å². The average Bonchev–Trinajstić information content (AvgIpc) is 2.65. The van der Waals surface area contributed by atoms with Gasteiger partial charge in [-0.05, 0) is 0 Å². The highest BCUT2D eigenvalue weighted by atomic mass is 16.6. The Hall–Kier alpha value is -2.04. The molecule has 0 bridgehead atoms. The molecule has 0 rings (SSSR count). The fraction of sp³-hybridized carbons (Fsp3) is 0.714. The van der Waals surface area contributed by atoms with Gasteiger partial charge in [-0.1, -0.05) is 0 Å². The largest absolute Gasteiger partial charge is 0.394 e. The fourth-order valence-corrected chi connectivity index (χ4v) is 0.777. The lowest BCUT2D eigenvalue weighted by atomic mass is 10.2. The van der Waals surface area contributed by atoms with Crippen LogP contribution >= 0.6 is 0 Å². The molecule has 2 atom stereocenters. The van der Waals surface area contributed by atoms with E-state index in [1.807, 2.05) is 0 Å². The summed E-state index contributed by atoms with van der Waals surface area (Å²) < 4.78 is 7.82. The first-order valence-corrected chi connectivity index (χ1v) is 7.47. The van der Waals surface area contributed by atoms with Gasteiger partial charge >= 0.3 is 23.9 Å². The number of rotatable bonds is 7. The molecule has 0 aliphatic rings. The van der Waals surface area contributed by atoms with E-state index >= 15 is 0 Å². The van der Waals surface area contributed by atoms with Crippen LogP contribution in [0.4, 0.5) is 0 Å². The highest BCUT2D eigenvalue weighted by Gasteiger charge is 2.34. The van der Waals surface area contributed by atoms with Gasteiger partial charge < -0.3 is 50.3 Å². The predicted octanol–water partition coefficient (Wildman–Crippen LogP) is -5.45. The van der Waals surface area contributed by atoms with Gasteiger partial charge in [-0.2, -0.15) is 0 Å². The molecular formula is C14H26O14. The quantitative estimate of drug-likeness (QED) is 0.142. The molecule has 14 nitrogen and oxygen atoms in total. The maximum Gasteiger partial charge on any atom is 0.345 e. The molecule has 0 heterocycles. The van der Waals surface area contributed by atoms with Crippen LogP contribution in [0.1, 0.15) is 13.8 Å². The van der Waals surface area contributed by atoms with Crippen LogP contribution in [0.5, 0.6) is 0 Å². The second-order valence-corrected chi connectivity index (χ2v) is 4.75. The zero-order chi connectivity index (χ0) is 22.9. The number of carbonyl (C=O) groups excluding carboxylic acids is 4. The molecule has 0 aromatic rings. The molecule has 0 fully saturated rings. The number of hydrogen-bond acceptors (Lipinski definition) is 14. The average molecular weight is 418 g/mol. The van der Waals surface area contributed by atoms with Crippen molar-refractivity contribution >= 4 is 23.9 Å². The minimum Gasteiger partial charge on any atom is -0.394 e. The van der Waals surface area contributed by atoms with Crippen molar-refractivity contribution in [2.45, 2.75) is 38.3 Å². The molecule has 0 aliphatic heterocycles. The predicted molar refractivity (Wildman–Crippen MR) is 85.9 cm³/mol. The van der Waals surface area contributed by atoms with E-state index in [0.717, 1.165) is 13.8 Å². The highest BCUT2D eigenvalue weighted by molar-refractivity contribution is 5.93. The summed E-state index contributed by atoms with van der Waals surface area (Å²) in [4.78, 5) is 42.3. The van der Waals surface area contributed by atoms with Gasteiger partial charge in [0.15, 0.2) is 12.2 Å². The van der Waals surface area contributed by atoms with Crippen LogP contribution in [0, 0.1) is 0 Å². The molecular weight excluding hydrogens is 392 g/mol. The van der Waals surface area contributed by atoms with E-state index < -0.39 is 48.3 Å². The Morgan fingerprint density at radius 2 is 0.821 bits per heavy atom. The van der Waals surface area contributed by atoms with Gasteiger partial charge in [-0.25, -0.2) is 9.59 Å². The highest BCUT2D eigenvalue weighted by Crippen LogP contribution is 2.00.